The summed E-state index contributed by atoms with van der Waals surface area (Å²) in [6, 6.07) is 6.39. The Labute approximate surface area is 154 Å². The quantitative estimate of drug-likeness (QED) is 0.527. The molecule has 0 bridgehead atoms. The molecule has 0 aliphatic rings. The maximum Gasteiger partial charge on any atom is 0.311 e. The molecule has 0 saturated carbocycles. The average Bonchev–Trinajstić information content (AvgIpc) is 2.95. The summed E-state index contributed by atoms with van der Waals surface area (Å²) in [4.78, 5) is 28.0. The normalized spacial score (nSPS) is 11.7. The number of hydrogen-bond donors (Lipinski definition) is 2. The molecule has 1 heterocycles. The Bertz CT molecular complexity index is 756. The summed E-state index contributed by atoms with van der Waals surface area (Å²) < 4.78 is 5.27. The molecule has 0 saturated heterocycles. The predicted octanol–water partition coefficient (Wildman–Crippen LogP) is 3.60. The van der Waals surface area contributed by atoms with Gasteiger partial charge < -0.3 is 14.8 Å². The van der Waals surface area contributed by atoms with Crippen molar-refractivity contribution < 1.29 is 19.4 Å². The van der Waals surface area contributed by atoms with Crippen LogP contribution in [-0.4, -0.2) is 45.6 Å². The van der Waals surface area contributed by atoms with Crippen molar-refractivity contribution in [3.63, 3.8) is 0 Å². The zero-order valence-corrected chi connectivity index (χ0v) is 15.9. The maximum absolute atomic E-state index is 11.7. The molecule has 142 valence electrons. The van der Waals surface area contributed by atoms with Gasteiger partial charge in [-0.25, -0.2) is 0 Å². The highest BCUT2D eigenvalue weighted by molar-refractivity contribution is 5.86. The van der Waals surface area contributed by atoms with Gasteiger partial charge in [0.15, 0.2) is 0 Å². The van der Waals surface area contributed by atoms with Crippen molar-refractivity contribution in [2.24, 2.45) is 0 Å². The predicted molar refractivity (Wildman–Crippen MR) is 101 cm³/mol. The van der Waals surface area contributed by atoms with E-state index in [0.717, 1.165) is 23.9 Å². The van der Waals surface area contributed by atoms with Crippen molar-refractivity contribution >= 4 is 22.8 Å². The number of aromatic amines is 1. The van der Waals surface area contributed by atoms with Gasteiger partial charge >= 0.3 is 11.9 Å². The monoisotopic (exact) mass is 360 g/mol. The van der Waals surface area contributed by atoms with Gasteiger partial charge in [-0.1, -0.05) is 0 Å². The topological polar surface area (TPSA) is 82.6 Å². The summed E-state index contributed by atoms with van der Waals surface area (Å²) in [6.45, 7) is 9.74. The van der Waals surface area contributed by atoms with Crippen LogP contribution in [0.3, 0.4) is 0 Å². The molecule has 1 aromatic heterocycles. The van der Waals surface area contributed by atoms with E-state index in [1.54, 1.807) is 6.07 Å². The lowest BCUT2D eigenvalue weighted by Gasteiger charge is -2.30. The zero-order valence-electron chi connectivity index (χ0n) is 15.9. The fourth-order valence-electron chi connectivity index (χ4n) is 3.18. The number of rotatable bonds is 9. The molecule has 26 heavy (non-hydrogen) atoms. The van der Waals surface area contributed by atoms with Gasteiger partial charge in [0.1, 0.15) is 5.75 Å². The molecular weight excluding hydrogens is 332 g/mol. The molecule has 0 aliphatic heterocycles. The molecule has 0 spiro atoms. The van der Waals surface area contributed by atoms with Crippen molar-refractivity contribution in [3.8, 4) is 5.75 Å². The Morgan fingerprint density at radius 1 is 1.15 bits per heavy atom. The second kappa shape index (κ2) is 8.85. The number of nitrogens with zero attached hydrogens (tertiary/aromatic N) is 1. The van der Waals surface area contributed by atoms with Crippen LogP contribution in [0.25, 0.3) is 10.9 Å². The number of carbonyl (C=O) groups is 2. The molecule has 6 nitrogen and oxygen atoms in total. The number of fused-ring (bicyclic) bond motifs is 1. The number of H-pyrrole nitrogens is 1. The van der Waals surface area contributed by atoms with Crippen LogP contribution in [0.4, 0.5) is 0 Å². The second-order valence-corrected chi connectivity index (χ2v) is 7.06. The van der Waals surface area contributed by atoms with Gasteiger partial charge in [-0.05, 0) is 57.9 Å². The first-order valence-corrected chi connectivity index (χ1v) is 9.06. The first kappa shape index (κ1) is 20.0. The molecular formula is C20H28N2O4. The smallest absolute Gasteiger partial charge is 0.311 e. The first-order chi connectivity index (χ1) is 12.3. The van der Waals surface area contributed by atoms with E-state index in [2.05, 4.69) is 37.6 Å². The lowest BCUT2D eigenvalue weighted by molar-refractivity contribution is -0.142. The van der Waals surface area contributed by atoms with Crippen LogP contribution in [0.1, 0.15) is 46.1 Å². The molecule has 6 heteroatoms. The summed E-state index contributed by atoms with van der Waals surface area (Å²) in [6.07, 6.45) is 2.54. The fraction of sp³-hybridized carbons (Fsp3) is 0.500. The number of esters is 1. The highest BCUT2D eigenvalue weighted by Gasteiger charge is 2.15. The molecule has 2 N–H and O–H groups in total. The van der Waals surface area contributed by atoms with E-state index < -0.39 is 11.9 Å². The Morgan fingerprint density at radius 3 is 2.46 bits per heavy atom. The Kier molecular flexibility index (Phi) is 6.80. The molecule has 2 aromatic rings. The highest BCUT2D eigenvalue weighted by atomic mass is 16.5. The number of aromatic nitrogens is 1. The fourth-order valence-corrected chi connectivity index (χ4v) is 3.18. The van der Waals surface area contributed by atoms with Gasteiger partial charge in [-0.2, -0.15) is 0 Å². The summed E-state index contributed by atoms with van der Waals surface area (Å²) in [5.74, 6) is -1.10. The number of aliphatic carboxylic acids is 1. The van der Waals surface area contributed by atoms with E-state index in [4.69, 9.17) is 9.84 Å². The molecule has 0 amide bonds. The third-order valence-corrected chi connectivity index (χ3v) is 4.48. The van der Waals surface area contributed by atoms with E-state index in [1.165, 1.54) is 5.56 Å². The molecule has 0 atom stereocenters. The number of benzene rings is 1. The van der Waals surface area contributed by atoms with Crippen molar-refractivity contribution in [1.29, 1.82) is 0 Å². The van der Waals surface area contributed by atoms with Gasteiger partial charge in [0.25, 0.3) is 0 Å². The van der Waals surface area contributed by atoms with E-state index in [1.807, 2.05) is 18.3 Å². The van der Waals surface area contributed by atoms with Crippen LogP contribution < -0.4 is 4.74 Å². The van der Waals surface area contributed by atoms with Crippen LogP contribution >= 0.6 is 0 Å². The number of ether oxygens (including phenoxy) is 1. The molecule has 0 radical (unpaired) electrons. The van der Waals surface area contributed by atoms with Crippen LogP contribution in [0, 0.1) is 0 Å². The third-order valence-electron chi connectivity index (χ3n) is 4.48. The van der Waals surface area contributed by atoms with Gasteiger partial charge in [0.05, 0.1) is 12.8 Å². The van der Waals surface area contributed by atoms with Gasteiger partial charge in [-0.3, -0.25) is 14.5 Å². The van der Waals surface area contributed by atoms with Crippen LogP contribution in [-0.2, 0) is 16.0 Å². The second-order valence-electron chi connectivity index (χ2n) is 7.06. The standard InChI is InChI=1S/C20H28N2O4/c1-13(2)22(14(3)4)10-9-15-12-21-18-6-5-16(11-17(15)18)26-20(25)8-7-19(23)24/h5-6,11-14,21H,7-10H2,1-4H3,(H,23,24). The van der Waals surface area contributed by atoms with Crippen molar-refractivity contribution in [2.75, 3.05) is 6.54 Å². The van der Waals surface area contributed by atoms with Gasteiger partial charge in [0.2, 0.25) is 0 Å². The van der Waals surface area contributed by atoms with Crippen LogP contribution in [0.5, 0.6) is 5.75 Å². The van der Waals surface area contributed by atoms with Crippen LogP contribution in [0.15, 0.2) is 24.4 Å². The summed E-state index contributed by atoms with van der Waals surface area (Å²) in [5.41, 5.74) is 2.17. The van der Waals surface area contributed by atoms with Gasteiger partial charge in [0, 0.05) is 35.7 Å². The first-order valence-electron chi connectivity index (χ1n) is 9.06. The summed E-state index contributed by atoms with van der Waals surface area (Å²) >= 11 is 0. The summed E-state index contributed by atoms with van der Waals surface area (Å²) in [7, 11) is 0. The highest BCUT2D eigenvalue weighted by Crippen LogP contribution is 2.25. The Balaban J connectivity index is 2.09. The van der Waals surface area contributed by atoms with Crippen molar-refractivity contribution in [3.05, 3.63) is 30.0 Å². The number of carboxylic acids is 1. The molecule has 0 aliphatic carbocycles. The Morgan fingerprint density at radius 2 is 1.85 bits per heavy atom. The maximum atomic E-state index is 11.7. The minimum absolute atomic E-state index is 0.134. The number of carboxylic acid groups (broad SMARTS) is 1. The zero-order chi connectivity index (χ0) is 19.3. The van der Waals surface area contributed by atoms with E-state index in [9.17, 15) is 9.59 Å². The molecule has 1 aromatic carbocycles. The lowest BCUT2D eigenvalue weighted by Crippen LogP contribution is -2.38. The van der Waals surface area contributed by atoms with E-state index in [-0.39, 0.29) is 12.8 Å². The minimum atomic E-state index is -1.01. The SMILES string of the molecule is CC(C)N(CCc1c[nH]c2ccc(OC(=O)CCC(=O)O)cc12)C(C)C. The molecule has 0 unspecified atom stereocenters. The van der Waals surface area contributed by atoms with Crippen LogP contribution in [0.2, 0.25) is 0 Å². The lowest BCUT2D eigenvalue weighted by atomic mass is 10.1. The molecule has 0 fully saturated rings. The minimum Gasteiger partial charge on any atom is -0.481 e. The van der Waals surface area contributed by atoms with E-state index >= 15 is 0 Å². The number of nitrogens with one attached hydrogen (secondary N) is 1. The van der Waals surface area contributed by atoms with Gasteiger partial charge in [-0.15, -0.1) is 0 Å². The van der Waals surface area contributed by atoms with Crippen molar-refractivity contribution in [2.45, 2.75) is 59.0 Å². The average molecular weight is 360 g/mol. The third kappa shape index (κ3) is 5.33. The van der Waals surface area contributed by atoms with Crippen molar-refractivity contribution in [1.82, 2.24) is 9.88 Å². The summed E-state index contributed by atoms with van der Waals surface area (Å²) in [5, 5.41) is 9.67. The Hall–Kier alpha value is -2.34. The molecule has 2 rings (SSSR count). The largest absolute Gasteiger partial charge is 0.481 e. The number of hydrogen-bond acceptors (Lipinski definition) is 4. The van der Waals surface area contributed by atoms with E-state index in [0.29, 0.717) is 17.8 Å². The number of carbonyl (C=O) groups excluding carboxylic acids is 1.